The second kappa shape index (κ2) is 5.50. The van der Waals surface area contributed by atoms with Crippen molar-refractivity contribution in [2.24, 2.45) is 0 Å². The molecule has 0 aliphatic carbocycles. The van der Waals surface area contributed by atoms with E-state index in [0.29, 0.717) is 11.3 Å². The SMILES string of the molecule is Cc1ccc(F)cc1Oc1ncnc(Cl)c1CCl. The van der Waals surface area contributed by atoms with Crippen molar-refractivity contribution in [3.8, 4) is 11.6 Å². The number of rotatable bonds is 3. The van der Waals surface area contributed by atoms with Gasteiger partial charge in [0, 0.05) is 6.07 Å². The van der Waals surface area contributed by atoms with E-state index in [4.69, 9.17) is 27.9 Å². The van der Waals surface area contributed by atoms with Crippen molar-refractivity contribution in [1.82, 2.24) is 9.97 Å². The topological polar surface area (TPSA) is 35.0 Å². The van der Waals surface area contributed by atoms with Gasteiger partial charge in [0.25, 0.3) is 0 Å². The van der Waals surface area contributed by atoms with Crippen LogP contribution in [0, 0.1) is 12.7 Å². The number of nitrogens with zero attached hydrogens (tertiary/aromatic N) is 2. The van der Waals surface area contributed by atoms with Crippen LogP contribution in [-0.4, -0.2) is 9.97 Å². The highest BCUT2D eigenvalue weighted by atomic mass is 35.5. The van der Waals surface area contributed by atoms with Crippen LogP contribution in [0.4, 0.5) is 4.39 Å². The largest absolute Gasteiger partial charge is 0.438 e. The normalized spacial score (nSPS) is 10.4. The Morgan fingerprint density at radius 3 is 2.83 bits per heavy atom. The Hall–Kier alpha value is -1.39. The first-order valence-corrected chi connectivity index (χ1v) is 6.02. The molecule has 94 valence electrons. The lowest BCUT2D eigenvalue weighted by Gasteiger charge is -2.10. The first kappa shape index (κ1) is 13.1. The zero-order valence-corrected chi connectivity index (χ0v) is 11.0. The van der Waals surface area contributed by atoms with Crippen molar-refractivity contribution < 1.29 is 9.13 Å². The van der Waals surface area contributed by atoms with Crippen LogP contribution in [0.15, 0.2) is 24.5 Å². The minimum absolute atomic E-state index is 0.114. The maximum Gasteiger partial charge on any atom is 0.228 e. The Kier molecular flexibility index (Phi) is 3.99. The molecule has 1 heterocycles. The summed E-state index contributed by atoms with van der Waals surface area (Å²) >= 11 is 11.6. The summed E-state index contributed by atoms with van der Waals surface area (Å²) in [6.07, 6.45) is 1.27. The van der Waals surface area contributed by atoms with E-state index in [1.165, 1.54) is 18.5 Å². The molecular weight excluding hydrogens is 278 g/mol. The molecule has 0 unspecified atom stereocenters. The van der Waals surface area contributed by atoms with E-state index >= 15 is 0 Å². The van der Waals surface area contributed by atoms with Crippen molar-refractivity contribution in [1.29, 1.82) is 0 Å². The lowest BCUT2D eigenvalue weighted by molar-refractivity contribution is 0.449. The zero-order chi connectivity index (χ0) is 13.1. The van der Waals surface area contributed by atoms with Gasteiger partial charge in [0.15, 0.2) is 0 Å². The number of aryl methyl sites for hydroxylation is 1. The number of alkyl halides is 1. The van der Waals surface area contributed by atoms with E-state index in [0.717, 1.165) is 5.56 Å². The van der Waals surface area contributed by atoms with Gasteiger partial charge in [0.1, 0.15) is 23.0 Å². The van der Waals surface area contributed by atoms with Gasteiger partial charge in [0.2, 0.25) is 5.88 Å². The van der Waals surface area contributed by atoms with Crippen LogP contribution in [-0.2, 0) is 5.88 Å². The fourth-order valence-corrected chi connectivity index (χ4v) is 1.86. The van der Waals surface area contributed by atoms with Gasteiger partial charge in [0.05, 0.1) is 11.4 Å². The van der Waals surface area contributed by atoms with Crippen molar-refractivity contribution in [3.05, 3.63) is 46.6 Å². The van der Waals surface area contributed by atoms with Gasteiger partial charge >= 0.3 is 0 Å². The lowest BCUT2D eigenvalue weighted by atomic mass is 10.2. The summed E-state index contributed by atoms with van der Waals surface area (Å²) in [5.74, 6) is 0.335. The second-order valence-electron chi connectivity index (χ2n) is 3.59. The number of aromatic nitrogens is 2. The van der Waals surface area contributed by atoms with E-state index in [1.54, 1.807) is 13.0 Å². The average Bonchev–Trinajstić information content (AvgIpc) is 2.34. The Bertz CT molecular complexity index is 578. The molecule has 6 heteroatoms. The number of halogens is 3. The fourth-order valence-electron chi connectivity index (χ4n) is 1.36. The molecule has 0 saturated heterocycles. The van der Waals surface area contributed by atoms with Gasteiger partial charge in [-0.05, 0) is 18.6 Å². The predicted octanol–water partition coefficient (Wildman–Crippen LogP) is 4.11. The highest BCUT2D eigenvalue weighted by Crippen LogP contribution is 2.30. The summed E-state index contributed by atoms with van der Waals surface area (Å²) in [6, 6.07) is 4.26. The number of hydrogen-bond donors (Lipinski definition) is 0. The Morgan fingerprint density at radius 1 is 1.33 bits per heavy atom. The van der Waals surface area contributed by atoms with Crippen LogP contribution in [0.5, 0.6) is 11.6 Å². The molecule has 18 heavy (non-hydrogen) atoms. The highest BCUT2D eigenvalue weighted by Gasteiger charge is 2.12. The molecule has 1 aromatic carbocycles. The third-order valence-electron chi connectivity index (χ3n) is 2.34. The number of ether oxygens (including phenoxy) is 1. The van der Waals surface area contributed by atoms with Gasteiger partial charge in [-0.2, -0.15) is 0 Å². The minimum atomic E-state index is -0.386. The van der Waals surface area contributed by atoms with E-state index in [1.807, 2.05) is 0 Å². The number of hydrogen-bond acceptors (Lipinski definition) is 3. The lowest BCUT2D eigenvalue weighted by Crippen LogP contribution is -1.97. The molecule has 2 rings (SSSR count). The van der Waals surface area contributed by atoms with Gasteiger partial charge in [-0.1, -0.05) is 17.7 Å². The quantitative estimate of drug-likeness (QED) is 0.629. The van der Waals surface area contributed by atoms with Gasteiger partial charge in [-0.15, -0.1) is 11.6 Å². The maximum absolute atomic E-state index is 13.1. The molecule has 0 radical (unpaired) electrons. The Labute approximate surface area is 114 Å². The van der Waals surface area contributed by atoms with Crippen LogP contribution >= 0.6 is 23.2 Å². The van der Waals surface area contributed by atoms with Crippen LogP contribution in [0.25, 0.3) is 0 Å². The van der Waals surface area contributed by atoms with Crippen LogP contribution in [0.2, 0.25) is 5.15 Å². The van der Waals surface area contributed by atoms with Crippen LogP contribution in [0.1, 0.15) is 11.1 Å². The summed E-state index contributed by atoms with van der Waals surface area (Å²) in [7, 11) is 0. The Balaban J connectivity index is 2.40. The van der Waals surface area contributed by atoms with E-state index < -0.39 is 0 Å². The zero-order valence-electron chi connectivity index (χ0n) is 9.45. The van der Waals surface area contributed by atoms with Gasteiger partial charge < -0.3 is 4.74 Å². The monoisotopic (exact) mass is 286 g/mol. The molecule has 0 atom stereocenters. The number of benzene rings is 1. The molecule has 0 spiro atoms. The maximum atomic E-state index is 13.1. The molecule has 0 N–H and O–H groups in total. The van der Waals surface area contributed by atoms with Crippen LogP contribution < -0.4 is 4.74 Å². The first-order valence-electron chi connectivity index (χ1n) is 5.11. The molecular formula is C12H9Cl2FN2O. The average molecular weight is 287 g/mol. The smallest absolute Gasteiger partial charge is 0.228 e. The standard InChI is InChI=1S/C12H9Cl2FN2O/c1-7-2-3-8(15)4-10(7)18-12-9(5-13)11(14)16-6-17-12/h2-4,6H,5H2,1H3. The third kappa shape index (κ3) is 2.71. The van der Waals surface area contributed by atoms with E-state index in [-0.39, 0.29) is 22.7 Å². The summed E-state index contributed by atoms with van der Waals surface area (Å²) in [6.45, 7) is 1.80. The summed E-state index contributed by atoms with van der Waals surface area (Å²) in [5.41, 5.74) is 1.26. The summed E-state index contributed by atoms with van der Waals surface area (Å²) < 4.78 is 18.7. The van der Waals surface area contributed by atoms with E-state index in [9.17, 15) is 4.39 Å². The molecule has 1 aromatic heterocycles. The first-order chi connectivity index (χ1) is 8.61. The molecule has 2 aromatic rings. The fraction of sp³-hybridized carbons (Fsp3) is 0.167. The summed E-state index contributed by atoms with van der Waals surface area (Å²) in [5, 5.41) is 0.226. The highest BCUT2D eigenvalue weighted by molar-refractivity contribution is 6.31. The van der Waals surface area contributed by atoms with Gasteiger partial charge in [-0.25, -0.2) is 14.4 Å². The third-order valence-corrected chi connectivity index (χ3v) is 2.94. The minimum Gasteiger partial charge on any atom is -0.438 e. The molecule has 3 nitrogen and oxygen atoms in total. The molecule has 0 fully saturated rings. The van der Waals surface area contributed by atoms with Gasteiger partial charge in [-0.3, -0.25) is 0 Å². The predicted molar refractivity (Wildman–Crippen MR) is 67.8 cm³/mol. The van der Waals surface area contributed by atoms with E-state index in [2.05, 4.69) is 9.97 Å². The molecule has 0 aliphatic rings. The Morgan fingerprint density at radius 2 is 2.11 bits per heavy atom. The summed E-state index contributed by atoms with van der Waals surface area (Å²) in [4.78, 5) is 7.76. The molecule has 0 saturated carbocycles. The van der Waals surface area contributed by atoms with Crippen LogP contribution in [0.3, 0.4) is 0 Å². The second-order valence-corrected chi connectivity index (χ2v) is 4.22. The molecule has 0 amide bonds. The molecule has 0 aliphatic heterocycles. The van der Waals surface area contributed by atoms with Crippen molar-refractivity contribution in [2.45, 2.75) is 12.8 Å². The van der Waals surface area contributed by atoms with Crippen molar-refractivity contribution in [2.75, 3.05) is 0 Å². The molecule has 0 bridgehead atoms. The van der Waals surface area contributed by atoms with Crippen molar-refractivity contribution >= 4 is 23.2 Å². The van der Waals surface area contributed by atoms with Crippen molar-refractivity contribution in [3.63, 3.8) is 0 Å².